The molecule has 2 aliphatic rings. The van der Waals surface area contributed by atoms with Gasteiger partial charge in [0.25, 0.3) is 0 Å². The van der Waals surface area contributed by atoms with Crippen molar-refractivity contribution in [3.63, 3.8) is 0 Å². The van der Waals surface area contributed by atoms with Crippen molar-refractivity contribution < 1.29 is 4.74 Å². The molecule has 1 heterocycles. The number of nitrogens with zero attached hydrogens (tertiary/aromatic N) is 1. The molecule has 1 saturated heterocycles. The molecule has 0 bridgehead atoms. The second kappa shape index (κ2) is 9.12. The molecule has 4 atom stereocenters. The van der Waals surface area contributed by atoms with Crippen molar-refractivity contribution in [2.45, 2.75) is 83.9 Å². The van der Waals surface area contributed by atoms with E-state index in [1.165, 1.54) is 45.1 Å². The molecule has 0 spiro atoms. The molecule has 3 heteroatoms. The predicted molar refractivity (Wildman–Crippen MR) is 89.7 cm³/mol. The van der Waals surface area contributed by atoms with Gasteiger partial charge in [0.1, 0.15) is 0 Å². The average molecular weight is 296 g/mol. The standard InChI is InChI=1S/C18H36N2O/c1-4-12-21-16-8-7-11-20(14-16)18-13-15(5-2)9-10-17(18)19-6-3/h15-19H,4-14H2,1-3H3. The maximum atomic E-state index is 6.04. The molecule has 0 aromatic rings. The summed E-state index contributed by atoms with van der Waals surface area (Å²) in [7, 11) is 0. The van der Waals surface area contributed by atoms with Crippen LogP contribution in [0.3, 0.4) is 0 Å². The highest BCUT2D eigenvalue weighted by Crippen LogP contribution is 2.32. The van der Waals surface area contributed by atoms with Crippen LogP contribution in [0.15, 0.2) is 0 Å². The van der Waals surface area contributed by atoms with Crippen molar-refractivity contribution >= 4 is 0 Å². The molecule has 0 amide bonds. The van der Waals surface area contributed by atoms with E-state index >= 15 is 0 Å². The number of hydrogen-bond donors (Lipinski definition) is 1. The van der Waals surface area contributed by atoms with E-state index in [-0.39, 0.29) is 0 Å². The minimum absolute atomic E-state index is 0.475. The lowest BCUT2D eigenvalue weighted by Gasteiger charge is -2.46. The fraction of sp³-hybridized carbons (Fsp3) is 1.00. The van der Waals surface area contributed by atoms with E-state index in [0.29, 0.717) is 12.1 Å². The smallest absolute Gasteiger partial charge is 0.0702 e. The summed E-state index contributed by atoms with van der Waals surface area (Å²) in [6.45, 7) is 11.3. The van der Waals surface area contributed by atoms with E-state index in [1.807, 2.05) is 0 Å². The van der Waals surface area contributed by atoms with E-state index in [9.17, 15) is 0 Å². The molecule has 0 radical (unpaired) electrons. The van der Waals surface area contributed by atoms with Crippen molar-refractivity contribution in [3.8, 4) is 0 Å². The van der Waals surface area contributed by atoms with Crippen molar-refractivity contribution in [1.82, 2.24) is 10.2 Å². The van der Waals surface area contributed by atoms with Crippen LogP contribution in [0.25, 0.3) is 0 Å². The van der Waals surface area contributed by atoms with Crippen LogP contribution in [-0.4, -0.2) is 49.3 Å². The molecule has 2 fully saturated rings. The van der Waals surface area contributed by atoms with Crippen molar-refractivity contribution in [1.29, 1.82) is 0 Å². The maximum Gasteiger partial charge on any atom is 0.0702 e. The Balaban J connectivity index is 1.94. The molecule has 124 valence electrons. The highest BCUT2D eigenvalue weighted by molar-refractivity contribution is 4.93. The van der Waals surface area contributed by atoms with E-state index in [4.69, 9.17) is 4.74 Å². The molecule has 3 nitrogen and oxygen atoms in total. The molecule has 1 N–H and O–H groups in total. The van der Waals surface area contributed by atoms with Crippen LogP contribution in [0.1, 0.15) is 65.7 Å². The molecule has 1 aliphatic heterocycles. The van der Waals surface area contributed by atoms with Gasteiger partial charge in [-0.15, -0.1) is 0 Å². The zero-order valence-electron chi connectivity index (χ0n) is 14.4. The summed E-state index contributed by atoms with van der Waals surface area (Å²) >= 11 is 0. The summed E-state index contributed by atoms with van der Waals surface area (Å²) in [6.07, 6.45) is 9.67. The Labute approximate surface area is 131 Å². The Morgan fingerprint density at radius 1 is 1.14 bits per heavy atom. The van der Waals surface area contributed by atoms with Gasteiger partial charge in [0.2, 0.25) is 0 Å². The van der Waals surface area contributed by atoms with Gasteiger partial charge in [-0.25, -0.2) is 0 Å². The van der Waals surface area contributed by atoms with Gasteiger partial charge in [-0.1, -0.05) is 27.2 Å². The van der Waals surface area contributed by atoms with Crippen LogP contribution in [-0.2, 0) is 4.74 Å². The highest BCUT2D eigenvalue weighted by atomic mass is 16.5. The summed E-state index contributed by atoms with van der Waals surface area (Å²) in [4.78, 5) is 2.75. The lowest BCUT2D eigenvalue weighted by atomic mass is 9.79. The number of hydrogen-bond acceptors (Lipinski definition) is 3. The van der Waals surface area contributed by atoms with E-state index in [1.54, 1.807) is 0 Å². The van der Waals surface area contributed by atoms with Gasteiger partial charge in [0, 0.05) is 25.2 Å². The first-order valence-corrected chi connectivity index (χ1v) is 9.37. The number of ether oxygens (including phenoxy) is 1. The highest BCUT2D eigenvalue weighted by Gasteiger charge is 2.35. The minimum Gasteiger partial charge on any atom is -0.377 e. The number of rotatable bonds is 7. The van der Waals surface area contributed by atoms with Crippen LogP contribution in [0.4, 0.5) is 0 Å². The van der Waals surface area contributed by atoms with Crippen molar-refractivity contribution in [2.24, 2.45) is 5.92 Å². The Kier molecular flexibility index (Phi) is 7.48. The van der Waals surface area contributed by atoms with Crippen LogP contribution >= 0.6 is 0 Å². The molecular weight excluding hydrogens is 260 g/mol. The third kappa shape index (κ3) is 4.94. The van der Waals surface area contributed by atoms with Crippen LogP contribution in [0, 0.1) is 5.92 Å². The summed E-state index contributed by atoms with van der Waals surface area (Å²) in [5, 5.41) is 3.75. The molecule has 21 heavy (non-hydrogen) atoms. The first kappa shape index (κ1) is 17.2. The summed E-state index contributed by atoms with van der Waals surface area (Å²) in [6, 6.07) is 1.43. The number of likely N-dealkylation sites (tertiary alicyclic amines) is 1. The maximum absolute atomic E-state index is 6.04. The third-order valence-corrected chi connectivity index (χ3v) is 5.41. The number of likely N-dealkylation sites (N-methyl/N-ethyl adjacent to an activating group) is 1. The number of nitrogens with one attached hydrogen (secondary N) is 1. The Morgan fingerprint density at radius 2 is 2.00 bits per heavy atom. The predicted octanol–water partition coefficient (Wildman–Crippen LogP) is 3.43. The summed E-state index contributed by atoms with van der Waals surface area (Å²) < 4.78 is 6.04. The second-order valence-corrected chi connectivity index (χ2v) is 6.95. The molecule has 2 rings (SSSR count). The molecule has 4 unspecified atom stereocenters. The number of piperidine rings is 1. The minimum atomic E-state index is 0.475. The largest absolute Gasteiger partial charge is 0.377 e. The molecule has 1 saturated carbocycles. The van der Waals surface area contributed by atoms with E-state index in [0.717, 1.165) is 38.1 Å². The zero-order valence-corrected chi connectivity index (χ0v) is 14.4. The lowest BCUT2D eigenvalue weighted by molar-refractivity contribution is -0.0266. The third-order valence-electron chi connectivity index (χ3n) is 5.41. The fourth-order valence-electron chi connectivity index (χ4n) is 4.19. The Morgan fingerprint density at radius 3 is 2.71 bits per heavy atom. The van der Waals surface area contributed by atoms with Gasteiger partial charge in [0.05, 0.1) is 6.10 Å². The van der Waals surface area contributed by atoms with Gasteiger partial charge in [0.15, 0.2) is 0 Å². The quantitative estimate of drug-likeness (QED) is 0.779. The molecule has 0 aromatic carbocycles. The van der Waals surface area contributed by atoms with Crippen LogP contribution < -0.4 is 5.32 Å². The van der Waals surface area contributed by atoms with Crippen LogP contribution in [0.2, 0.25) is 0 Å². The molecule has 1 aliphatic carbocycles. The Hall–Kier alpha value is -0.120. The summed E-state index contributed by atoms with van der Waals surface area (Å²) in [5.74, 6) is 0.932. The SMILES string of the molecule is CCCOC1CCCN(C2CC(CC)CCC2NCC)C1. The zero-order chi connectivity index (χ0) is 15.1. The van der Waals surface area contributed by atoms with Crippen LogP contribution in [0.5, 0.6) is 0 Å². The second-order valence-electron chi connectivity index (χ2n) is 6.95. The molecule has 0 aromatic heterocycles. The normalized spacial score (nSPS) is 35.0. The van der Waals surface area contributed by atoms with E-state index < -0.39 is 0 Å². The lowest BCUT2D eigenvalue weighted by Crippen LogP contribution is -2.56. The van der Waals surface area contributed by atoms with Gasteiger partial charge in [-0.3, -0.25) is 4.90 Å². The van der Waals surface area contributed by atoms with Crippen molar-refractivity contribution in [3.05, 3.63) is 0 Å². The van der Waals surface area contributed by atoms with Crippen molar-refractivity contribution in [2.75, 3.05) is 26.2 Å². The fourth-order valence-corrected chi connectivity index (χ4v) is 4.19. The topological polar surface area (TPSA) is 24.5 Å². The first-order chi connectivity index (χ1) is 10.3. The molecular formula is C18H36N2O. The first-order valence-electron chi connectivity index (χ1n) is 9.37. The van der Waals surface area contributed by atoms with Gasteiger partial charge < -0.3 is 10.1 Å². The van der Waals surface area contributed by atoms with Gasteiger partial charge in [-0.05, 0) is 57.5 Å². The Bertz CT molecular complexity index is 284. The monoisotopic (exact) mass is 296 g/mol. The summed E-state index contributed by atoms with van der Waals surface area (Å²) in [5.41, 5.74) is 0. The van der Waals surface area contributed by atoms with Gasteiger partial charge in [-0.2, -0.15) is 0 Å². The van der Waals surface area contributed by atoms with E-state index in [2.05, 4.69) is 31.0 Å². The van der Waals surface area contributed by atoms with Gasteiger partial charge >= 0.3 is 0 Å². The average Bonchev–Trinajstić information content (AvgIpc) is 2.54.